The molecule has 0 saturated heterocycles. The number of hydrogen-bond acceptors (Lipinski definition) is 6. The lowest BCUT2D eigenvalue weighted by Crippen LogP contribution is -2.04. The molecule has 0 saturated carbocycles. The van der Waals surface area contributed by atoms with Crippen molar-refractivity contribution in [2.45, 2.75) is 6.92 Å². The average molecular weight is 283 g/mol. The molecule has 6 nitrogen and oxygen atoms in total. The summed E-state index contributed by atoms with van der Waals surface area (Å²) in [4.78, 5) is 15.2. The topological polar surface area (TPSA) is 87.6 Å². The maximum atomic E-state index is 11.4. The first kappa shape index (κ1) is 13.2. The van der Waals surface area contributed by atoms with Crippen molar-refractivity contribution < 1.29 is 18.7 Å². The second kappa shape index (κ2) is 5.62. The first-order valence-electron chi connectivity index (χ1n) is 5.45. The number of ether oxygens (including phenoxy) is 2. The second-order valence-corrected chi connectivity index (χ2v) is 3.92. The number of nitrogen functional groups attached to an aromatic ring is 1. The molecule has 0 radical (unpaired) electrons. The predicted molar refractivity (Wildman–Crippen MR) is 68.4 cm³/mol. The van der Waals surface area contributed by atoms with Gasteiger partial charge in [0, 0.05) is 11.8 Å². The van der Waals surface area contributed by atoms with Crippen LogP contribution in [0.5, 0.6) is 11.8 Å². The number of rotatable bonds is 4. The number of aromatic nitrogens is 1. The molecular weight excluding hydrogens is 272 g/mol. The number of nitrogens with two attached hydrogens (primary N) is 1. The van der Waals surface area contributed by atoms with Gasteiger partial charge in [-0.05, 0) is 19.1 Å². The lowest BCUT2D eigenvalue weighted by atomic mass is 10.3. The van der Waals surface area contributed by atoms with Gasteiger partial charge in [-0.2, -0.15) is 4.98 Å². The van der Waals surface area contributed by atoms with Gasteiger partial charge < -0.3 is 19.6 Å². The molecule has 2 aromatic rings. The van der Waals surface area contributed by atoms with E-state index in [1.807, 2.05) is 0 Å². The molecule has 0 aliphatic rings. The predicted octanol–water partition coefficient (Wildman–Crippen LogP) is 2.88. The van der Waals surface area contributed by atoms with Crippen LogP contribution in [0, 0.1) is 0 Å². The molecule has 0 aliphatic heterocycles. The van der Waals surface area contributed by atoms with E-state index in [1.165, 1.54) is 6.07 Å². The molecule has 1 heterocycles. The van der Waals surface area contributed by atoms with Gasteiger partial charge in [-0.1, -0.05) is 11.6 Å². The highest BCUT2D eigenvalue weighted by Gasteiger charge is 2.15. The Labute approximate surface area is 114 Å². The largest absolute Gasteiger partial charge is 0.461 e. The van der Waals surface area contributed by atoms with Gasteiger partial charge in [0.25, 0.3) is 0 Å². The van der Waals surface area contributed by atoms with Crippen molar-refractivity contribution in [2.75, 3.05) is 12.3 Å². The smallest absolute Gasteiger partial charge is 0.399 e. The fraction of sp³-hybridized carbons (Fsp3) is 0.167. The minimum Gasteiger partial charge on any atom is -0.461 e. The van der Waals surface area contributed by atoms with Crippen molar-refractivity contribution in [3.05, 3.63) is 35.2 Å². The van der Waals surface area contributed by atoms with Gasteiger partial charge in [0.2, 0.25) is 0 Å². The van der Waals surface area contributed by atoms with E-state index in [9.17, 15) is 4.79 Å². The van der Waals surface area contributed by atoms with Crippen LogP contribution in [0.2, 0.25) is 5.02 Å². The van der Waals surface area contributed by atoms with Crippen LogP contribution in [0.3, 0.4) is 0 Å². The molecule has 0 spiro atoms. The van der Waals surface area contributed by atoms with Crippen molar-refractivity contribution in [1.82, 2.24) is 4.98 Å². The zero-order chi connectivity index (χ0) is 13.8. The molecule has 0 fully saturated rings. The molecule has 100 valence electrons. The number of esters is 1. The van der Waals surface area contributed by atoms with Crippen LogP contribution in [0.15, 0.2) is 28.9 Å². The Morgan fingerprint density at radius 1 is 1.53 bits per heavy atom. The number of nitrogens with zero attached hydrogens (tertiary/aromatic N) is 1. The first-order chi connectivity index (χ1) is 9.10. The Balaban J connectivity index is 2.15. The van der Waals surface area contributed by atoms with Crippen LogP contribution in [-0.2, 0) is 4.74 Å². The highest BCUT2D eigenvalue weighted by molar-refractivity contribution is 6.32. The summed E-state index contributed by atoms with van der Waals surface area (Å²) in [6.07, 6.45) is 1.03. The second-order valence-electron chi connectivity index (χ2n) is 3.51. The Bertz CT molecular complexity index is 597. The summed E-state index contributed by atoms with van der Waals surface area (Å²) >= 11 is 5.92. The molecule has 7 heteroatoms. The van der Waals surface area contributed by atoms with Crippen LogP contribution in [0.25, 0.3) is 0 Å². The van der Waals surface area contributed by atoms with Crippen molar-refractivity contribution in [3.63, 3.8) is 0 Å². The van der Waals surface area contributed by atoms with Crippen molar-refractivity contribution >= 4 is 23.3 Å². The molecule has 1 aromatic carbocycles. The van der Waals surface area contributed by atoms with E-state index in [1.54, 1.807) is 19.1 Å². The number of benzene rings is 1. The third-order valence-electron chi connectivity index (χ3n) is 2.12. The van der Waals surface area contributed by atoms with E-state index in [0.717, 1.165) is 6.26 Å². The molecule has 2 N–H and O–H groups in total. The molecule has 0 unspecified atom stereocenters. The number of halogens is 1. The fourth-order valence-corrected chi connectivity index (χ4v) is 1.45. The lowest BCUT2D eigenvalue weighted by molar-refractivity contribution is 0.0519. The third kappa shape index (κ3) is 3.17. The molecule has 2 rings (SSSR count). The third-order valence-corrected chi connectivity index (χ3v) is 2.43. The molecule has 1 aromatic heterocycles. The Hall–Kier alpha value is -2.21. The lowest BCUT2D eigenvalue weighted by Gasteiger charge is -2.03. The van der Waals surface area contributed by atoms with Gasteiger partial charge in [0.1, 0.15) is 6.26 Å². The molecule has 0 aliphatic carbocycles. The summed E-state index contributed by atoms with van der Waals surface area (Å²) < 4.78 is 15.1. The van der Waals surface area contributed by atoms with E-state index < -0.39 is 5.97 Å². The van der Waals surface area contributed by atoms with Gasteiger partial charge in [0.05, 0.1) is 11.6 Å². The number of hydrogen-bond donors (Lipinski definition) is 1. The molecular formula is C12H11ClN2O4. The summed E-state index contributed by atoms with van der Waals surface area (Å²) in [5.74, 6) is -0.293. The van der Waals surface area contributed by atoms with Gasteiger partial charge in [0.15, 0.2) is 11.4 Å². The van der Waals surface area contributed by atoms with E-state index in [-0.39, 0.29) is 18.4 Å². The number of oxazole rings is 1. The molecule has 19 heavy (non-hydrogen) atoms. The fourth-order valence-electron chi connectivity index (χ4n) is 1.30. The summed E-state index contributed by atoms with van der Waals surface area (Å²) in [5, 5.41) is 0.352. The van der Waals surface area contributed by atoms with Crippen LogP contribution in [-0.4, -0.2) is 17.6 Å². The SMILES string of the molecule is CCOC(=O)c1coc(Oc2cc(N)ccc2Cl)n1. The van der Waals surface area contributed by atoms with Gasteiger partial charge in [-0.3, -0.25) is 0 Å². The maximum Gasteiger partial charge on any atom is 0.399 e. The number of carbonyl (C=O) groups excluding carboxylic acids is 1. The zero-order valence-corrected chi connectivity index (χ0v) is 10.8. The van der Waals surface area contributed by atoms with Crippen molar-refractivity contribution in [1.29, 1.82) is 0 Å². The summed E-state index contributed by atoms with van der Waals surface area (Å²) in [5.41, 5.74) is 6.12. The number of anilines is 1. The average Bonchev–Trinajstić information content (AvgIpc) is 2.83. The monoisotopic (exact) mass is 282 g/mol. The summed E-state index contributed by atoms with van der Waals surface area (Å²) in [6.45, 7) is 1.95. The minimum atomic E-state index is -0.584. The van der Waals surface area contributed by atoms with E-state index in [0.29, 0.717) is 16.5 Å². The van der Waals surface area contributed by atoms with E-state index in [2.05, 4.69) is 4.98 Å². The first-order valence-corrected chi connectivity index (χ1v) is 5.83. The van der Waals surface area contributed by atoms with Gasteiger partial charge in [-0.25, -0.2) is 4.79 Å². The van der Waals surface area contributed by atoms with Crippen LogP contribution >= 0.6 is 11.6 Å². The van der Waals surface area contributed by atoms with Crippen LogP contribution in [0.4, 0.5) is 5.69 Å². The highest BCUT2D eigenvalue weighted by atomic mass is 35.5. The number of carbonyl (C=O) groups is 1. The quantitative estimate of drug-likeness (QED) is 0.685. The maximum absolute atomic E-state index is 11.4. The normalized spacial score (nSPS) is 10.2. The Morgan fingerprint density at radius 3 is 3.05 bits per heavy atom. The minimum absolute atomic E-state index is 0.0249. The van der Waals surface area contributed by atoms with Crippen molar-refractivity contribution in [3.8, 4) is 11.8 Å². The Morgan fingerprint density at radius 2 is 2.32 bits per heavy atom. The van der Waals surface area contributed by atoms with E-state index >= 15 is 0 Å². The zero-order valence-electron chi connectivity index (χ0n) is 10.1. The van der Waals surface area contributed by atoms with Crippen LogP contribution < -0.4 is 10.5 Å². The Kier molecular flexibility index (Phi) is 3.91. The van der Waals surface area contributed by atoms with Gasteiger partial charge >= 0.3 is 12.0 Å². The van der Waals surface area contributed by atoms with Gasteiger partial charge in [-0.15, -0.1) is 0 Å². The van der Waals surface area contributed by atoms with Crippen LogP contribution in [0.1, 0.15) is 17.4 Å². The molecule has 0 bridgehead atoms. The molecule has 0 amide bonds. The van der Waals surface area contributed by atoms with E-state index in [4.69, 9.17) is 31.2 Å². The standard InChI is InChI=1S/C12H11ClN2O4/c1-2-17-11(16)9-6-18-12(15-9)19-10-5-7(14)3-4-8(10)13/h3-6H,2,14H2,1H3. The summed E-state index contributed by atoms with van der Waals surface area (Å²) in [6, 6.07) is 4.74. The molecule has 0 atom stereocenters. The highest BCUT2D eigenvalue weighted by Crippen LogP contribution is 2.30. The summed E-state index contributed by atoms with van der Waals surface area (Å²) in [7, 11) is 0. The van der Waals surface area contributed by atoms with Crippen molar-refractivity contribution in [2.24, 2.45) is 0 Å².